The predicted molar refractivity (Wildman–Crippen MR) is 81.8 cm³/mol. The van der Waals surface area contributed by atoms with Crippen LogP contribution in [0.25, 0.3) is 0 Å². The lowest BCUT2D eigenvalue weighted by molar-refractivity contribution is -0.141. The normalized spacial score (nSPS) is 10.1. The molecular formula is C16H23NO5. The lowest BCUT2D eigenvalue weighted by Gasteiger charge is -2.22. The van der Waals surface area contributed by atoms with Crippen LogP contribution in [0.15, 0.2) is 24.3 Å². The second-order valence-electron chi connectivity index (χ2n) is 4.72. The summed E-state index contributed by atoms with van der Waals surface area (Å²) in [6, 6.07) is 7.34. The van der Waals surface area contributed by atoms with Gasteiger partial charge < -0.3 is 19.1 Å². The van der Waals surface area contributed by atoms with E-state index in [0.29, 0.717) is 19.7 Å². The van der Waals surface area contributed by atoms with Crippen molar-refractivity contribution in [3.63, 3.8) is 0 Å². The van der Waals surface area contributed by atoms with Crippen molar-refractivity contribution in [1.82, 2.24) is 4.90 Å². The van der Waals surface area contributed by atoms with Crippen LogP contribution >= 0.6 is 0 Å². The first-order chi connectivity index (χ1) is 10.6. The van der Waals surface area contributed by atoms with E-state index in [2.05, 4.69) is 4.74 Å². The maximum absolute atomic E-state index is 12.4. The summed E-state index contributed by atoms with van der Waals surface area (Å²) in [7, 11) is 4.51. The Balaban J connectivity index is 2.62. The number of carbonyl (C=O) groups excluding carboxylic acids is 2. The van der Waals surface area contributed by atoms with Gasteiger partial charge in [0, 0.05) is 20.2 Å². The highest BCUT2D eigenvalue weighted by Gasteiger charge is 2.15. The molecule has 1 rings (SSSR count). The van der Waals surface area contributed by atoms with Crippen LogP contribution in [0, 0.1) is 0 Å². The molecule has 6 nitrogen and oxygen atoms in total. The Morgan fingerprint density at radius 1 is 1.05 bits per heavy atom. The highest BCUT2D eigenvalue weighted by molar-refractivity contribution is 5.79. The second kappa shape index (κ2) is 9.78. The second-order valence-corrected chi connectivity index (χ2v) is 4.72. The quantitative estimate of drug-likeness (QED) is 0.643. The number of hydrogen-bond donors (Lipinski definition) is 0. The molecule has 0 saturated carbocycles. The SMILES string of the molecule is COCCN(CCC(=O)OC)C(=O)Cc1ccc(OC)cc1. The molecule has 0 aromatic heterocycles. The zero-order valence-electron chi connectivity index (χ0n) is 13.3. The topological polar surface area (TPSA) is 65.1 Å². The van der Waals surface area contributed by atoms with Crippen LogP contribution in [0.5, 0.6) is 5.75 Å². The average molecular weight is 309 g/mol. The van der Waals surface area contributed by atoms with Crippen molar-refractivity contribution >= 4 is 11.9 Å². The summed E-state index contributed by atoms with van der Waals surface area (Å²) in [5.41, 5.74) is 0.895. The van der Waals surface area contributed by atoms with Crippen molar-refractivity contribution < 1.29 is 23.8 Å². The maximum atomic E-state index is 12.4. The molecule has 0 aliphatic carbocycles. The standard InChI is InChI=1S/C16H23NO5/c1-20-11-10-17(9-8-16(19)22-3)15(18)12-13-4-6-14(21-2)7-5-13/h4-7H,8-12H2,1-3H3. The van der Waals surface area contributed by atoms with Crippen LogP contribution in [0.4, 0.5) is 0 Å². The van der Waals surface area contributed by atoms with Crippen LogP contribution in [-0.4, -0.2) is 57.8 Å². The molecule has 0 aliphatic heterocycles. The van der Waals surface area contributed by atoms with Crippen molar-refractivity contribution in [2.24, 2.45) is 0 Å². The molecule has 1 amide bonds. The Morgan fingerprint density at radius 3 is 2.27 bits per heavy atom. The smallest absolute Gasteiger partial charge is 0.307 e. The molecule has 1 aromatic rings. The molecule has 1 aromatic carbocycles. The molecule has 6 heteroatoms. The van der Waals surface area contributed by atoms with Gasteiger partial charge in [0.25, 0.3) is 0 Å². The van der Waals surface area contributed by atoms with Crippen LogP contribution in [0.2, 0.25) is 0 Å². The molecule has 0 N–H and O–H groups in total. The third-order valence-electron chi connectivity index (χ3n) is 3.25. The molecule has 0 heterocycles. The van der Waals surface area contributed by atoms with Gasteiger partial charge in [-0.1, -0.05) is 12.1 Å². The first kappa shape index (κ1) is 18.0. The molecule has 0 saturated heterocycles. The fourth-order valence-corrected chi connectivity index (χ4v) is 1.92. The van der Waals surface area contributed by atoms with Gasteiger partial charge in [-0.25, -0.2) is 0 Å². The minimum absolute atomic E-state index is 0.0499. The van der Waals surface area contributed by atoms with E-state index in [-0.39, 0.29) is 24.7 Å². The molecule has 0 fully saturated rings. The minimum atomic E-state index is -0.334. The van der Waals surface area contributed by atoms with E-state index in [1.54, 1.807) is 19.1 Å². The van der Waals surface area contributed by atoms with E-state index < -0.39 is 0 Å². The number of hydrogen-bond acceptors (Lipinski definition) is 5. The number of ether oxygens (including phenoxy) is 3. The molecule has 0 bridgehead atoms. The van der Waals surface area contributed by atoms with Crippen LogP contribution in [0.1, 0.15) is 12.0 Å². The fraction of sp³-hybridized carbons (Fsp3) is 0.500. The Labute approximate surface area is 131 Å². The van der Waals surface area contributed by atoms with Crippen molar-refractivity contribution in [2.75, 3.05) is 41.0 Å². The van der Waals surface area contributed by atoms with E-state index in [4.69, 9.17) is 9.47 Å². The first-order valence-corrected chi connectivity index (χ1v) is 7.07. The van der Waals surface area contributed by atoms with Gasteiger partial charge in [-0.05, 0) is 17.7 Å². The Hall–Kier alpha value is -2.08. The molecular weight excluding hydrogens is 286 g/mol. The van der Waals surface area contributed by atoms with Gasteiger partial charge in [0.1, 0.15) is 5.75 Å². The number of nitrogens with zero attached hydrogens (tertiary/aromatic N) is 1. The number of rotatable bonds is 9. The summed E-state index contributed by atoms with van der Waals surface area (Å²) in [5, 5.41) is 0. The summed E-state index contributed by atoms with van der Waals surface area (Å²) in [4.78, 5) is 25.2. The number of esters is 1. The number of amides is 1. The molecule has 0 radical (unpaired) electrons. The van der Waals surface area contributed by atoms with E-state index in [0.717, 1.165) is 11.3 Å². The van der Waals surface area contributed by atoms with E-state index in [1.807, 2.05) is 24.3 Å². The largest absolute Gasteiger partial charge is 0.497 e. The van der Waals surface area contributed by atoms with Crippen LogP contribution in [0.3, 0.4) is 0 Å². The third kappa shape index (κ3) is 6.13. The number of methoxy groups -OCH3 is 3. The van der Waals surface area contributed by atoms with Gasteiger partial charge in [-0.2, -0.15) is 0 Å². The van der Waals surface area contributed by atoms with Crippen LogP contribution < -0.4 is 4.74 Å². The fourth-order valence-electron chi connectivity index (χ4n) is 1.92. The first-order valence-electron chi connectivity index (χ1n) is 7.07. The van der Waals surface area contributed by atoms with Gasteiger partial charge in [-0.3, -0.25) is 9.59 Å². The predicted octanol–water partition coefficient (Wildman–Crippen LogP) is 1.28. The molecule has 0 spiro atoms. The van der Waals surface area contributed by atoms with Gasteiger partial charge in [0.2, 0.25) is 5.91 Å². The zero-order valence-corrected chi connectivity index (χ0v) is 13.3. The van der Waals surface area contributed by atoms with E-state index in [1.165, 1.54) is 7.11 Å². The molecule has 0 atom stereocenters. The van der Waals surface area contributed by atoms with Crippen molar-refractivity contribution in [3.8, 4) is 5.75 Å². The zero-order chi connectivity index (χ0) is 16.4. The van der Waals surface area contributed by atoms with Crippen LogP contribution in [-0.2, 0) is 25.5 Å². The van der Waals surface area contributed by atoms with Gasteiger partial charge >= 0.3 is 5.97 Å². The summed E-state index contributed by atoms with van der Waals surface area (Å²) < 4.78 is 14.7. The lowest BCUT2D eigenvalue weighted by atomic mass is 10.1. The summed E-state index contributed by atoms with van der Waals surface area (Å²) in [6.07, 6.45) is 0.448. The molecule has 0 unspecified atom stereocenters. The summed E-state index contributed by atoms with van der Waals surface area (Å²) >= 11 is 0. The van der Waals surface area contributed by atoms with Gasteiger partial charge in [-0.15, -0.1) is 0 Å². The highest BCUT2D eigenvalue weighted by Crippen LogP contribution is 2.12. The van der Waals surface area contributed by atoms with Gasteiger partial charge in [0.05, 0.1) is 33.7 Å². The molecule has 122 valence electrons. The maximum Gasteiger partial charge on any atom is 0.307 e. The van der Waals surface area contributed by atoms with Crippen molar-refractivity contribution in [2.45, 2.75) is 12.8 Å². The monoisotopic (exact) mass is 309 g/mol. The average Bonchev–Trinajstić information content (AvgIpc) is 2.55. The van der Waals surface area contributed by atoms with E-state index in [9.17, 15) is 9.59 Å². The Bertz CT molecular complexity index is 472. The number of benzene rings is 1. The van der Waals surface area contributed by atoms with Crippen molar-refractivity contribution in [3.05, 3.63) is 29.8 Å². The lowest BCUT2D eigenvalue weighted by Crippen LogP contribution is -2.36. The summed E-state index contributed by atoms with van der Waals surface area (Å²) in [5.74, 6) is 0.365. The highest BCUT2D eigenvalue weighted by atomic mass is 16.5. The molecule has 22 heavy (non-hydrogen) atoms. The summed E-state index contributed by atoms with van der Waals surface area (Å²) in [6.45, 7) is 1.20. The van der Waals surface area contributed by atoms with E-state index >= 15 is 0 Å². The van der Waals surface area contributed by atoms with Crippen molar-refractivity contribution in [1.29, 1.82) is 0 Å². The third-order valence-corrected chi connectivity index (χ3v) is 3.25. The van der Waals surface area contributed by atoms with Gasteiger partial charge in [0.15, 0.2) is 0 Å². The number of carbonyl (C=O) groups is 2. The molecule has 0 aliphatic rings. The minimum Gasteiger partial charge on any atom is -0.497 e. The Kier molecular flexibility index (Phi) is 7.99. The Morgan fingerprint density at radius 2 is 1.73 bits per heavy atom.